The zero-order chi connectivity index (χ0) is 28.9. The van der Waals surface area contributed by atoms with Crippen LogP contribution in [-0.4, -0.2) is 0 Å². The minimum atomic E-state index is 0.681. The van der Waals surface area contributed by atoms with Gasteiger partial charge in [0.25, 0.3) is 0 Å². The fraction of sp³-hybridized carbons (Fsp3) is 0.0256. The Labute approximate surface area is 249 Å². The maximum Gasteiger partial charge on any atom is 0.159 e. The average molecular weight is 557 g/mol. The Morgan fingerprint density at radius 2 is 1.09 bits per heavy atom. The van der Waals surface area contributed by atoms with E-state index in [1.165, 1.54) is 0 Å². The van der Waals surface area contributed by atoms with Gasteiger partial charge in [0.1, 0.15) is 16.7 Å². The Morgan fingerprint density at radius 3 is 1.84 bits per heavy atom. The number of anilines is 3. The van der Waals surface area contributed by atoms with E-state index in [4.69, 9.17) is 14.6 Å². The maximum absolute atomic E-state index is 6.49. The van der Waals surface area contributed by atoms with Crippen molar-refractivity contribution in [3.05, 3.63) is 139 Å². The van der Waals surface area contributed by atoms with Crippen molar-refractivity contribution >= 4 is 50.0 Å². The van der Waals surface area contributed by atoms with Crippen LogP contribution < -0.4 is 11.1 Å². The molecule has 0 aliphatic carbocycles. The van der Waals surface area contributed by atoms with Gasteiger partial charge in [0.05, 0.1) is 17.1 Å². The molecule has 0 saturated heterocycles. The molecule has 0 saturated carbocycles. The molecule has 0 atom stereocenters. The van der Waals surface area contributed by atoms with Gasteiger partial charge in [-0.3, -0.25) is 0 Å². The van der Waals surface area contributed by atoms with Crippen LogP contribution in [0.2, 0.25) is 0 Å². The van der Waals surface area contributed by atoms with Crippen LogP contribution in [0.1, 0.15) is 5.56 Å². The number of aryl methyl sites for hydroxylation is 1. The van der Waals surface area contributed by atoms with Crippen LogP contribution in [0.15, 0.2) is 142 Å². The molecule has 0 fully saturated rings. The Balaban J connectivity index is 1.20. The number of fused-ring (bicyclic) bond motifs is 4. The Hall–Kier alpha value is -5.74. The summed E-state index contributed by atoms with van der Waals surface area (Å²) in [6.45, 7) is 2.10. The number of benzene rings is 6. The molecule has 43 heavy (non-hydrogen) atoms. The summed E-state index contributed by atoms with van der Waals surface area (Å²) in [6, 6.07) is 45.7. The van der Waals surface area contributed by atoms with Gasteiger partial charge in [0.2, 0.25) is 0 Å². The molecule has 0 spiro atoms. The lowest BCUT2D eigenvalue weighted by Gasteiger charge is -2.11. The number of hydrogen-bond donors (Lipinski definition) is 2. The number of nitrogens with one attached hydrogen (secondary N) is 1. The summed E-state index contributed by atoms with van der Waals surface area (Å²) in [4.78, 5) is 0. The molecule has 0 radical (unpaired) electrons. The number of para-hydroxylation sites is 3. The molecule has 206 valence electrons. The van der Waals surface area contributed by atoms with Crippen LogP contribution in [0, 0.1) is 6.92 Å². The van der Waals surface area contributed by atoms with Crippen LogP contribution >= 0.6 is 0 Å². The molecule has 3 N–H and O–H groups in total. The zero-order valence-electron chi connectivity index (χ0n) is 23.6. The van der Waals surface area contributed by atoms with Crippen molar-refractivity contribution in [2.75, 3.05) is 11.1 Å². The van der Waals surface area contributed by atoms with E-state index in [9.17, 15) is 0 Å². The number of nitrogens with two attached hydrogens (primary N) is 1. The van der Waals surface area contributed by atoms with Gasteiger partial charge in [-0.1, -0.05) is 91.0 Å². The first-order valence-corrected chi connectivity index (χ1v) is 14.4. The lowest BCUT2D eigenvalue weighted by atomic mass is 9.98. The molecule has 0 aliphatic rings. The highest BCUT2D eigenvalue weighted by atomic mass is 16.3. The number of nitrogen functional groups attached to an aromatic ring is 1. The van der Waals surface area contributed by atoms with Gasteiger partial charge >= 0.3 is 0 Å². The molecule has 0 amide bonds. The first-order valence-electron chi connectivity index (χ1n) is 14.4. The first kappa shape index (κ1) is 25.0. The van der Waals surface area contributed by atoms with Crippen LogP contribution in [0.4, 0.5) is 17.1 Å². The fourth-order valence-electron chi connectivity index (χ4n) is 5.92. The summed E-state index contributed by atoms with van der Waals surface area (Å²) >= 11 is 0. The average Bonchev–Trinajstić information content (AvgIpc) is 3.60. The third-order valence-corrected chi connectivity index (χ3v) is 8.23. The Kier molecular flexibility index (Phi) is 5.80. The molecule has 2 heterocycles. The van der Waals surface area contributed by atoms with Gasteiger partial charge in [-0.25, -0.2) is 0 Å². The van der Waals surface area contributed by atoms with E-state index in [-0.39, 0.29) is 0 Å². The quantitative estimate of drug-likeness (QED) is 0.207. The van der Waals surface area contributed by atoms with Crippen molar-refractivity contribution in [1.82, 2.24) is 0 Å². The van der Waals surface area contributed by atoms with E-state index < -0.39 is 0 Å². The minimum absolute atomic E-state index is 0.681. The van der Waals surface area contributed by atoms with Gasteiger partial charge < -0.3 is 19.9 Å². The Bertz CT molecular complexity index is 2290. The third-order valence-electron chi connectivity index (χ3n) is 8.23. The van der Waals surface area contributed by atoms with E-state index in [1.54, 1.807) is 0 Å². The molecule has 4 heteroatoms. The van der Waals surface area contributed by atoms with E-state index >= 15 is 0 Å². The second-order valence-corrected chi connectivity index (χ2v) is 10.9. The molecular formula is C39H28N2O2. The summed E-state index contributed by atoms with van der Waals surface area (Å²) in [6.07, 6.45) is 0. The van der Waals surface area contributed by atoms with Gasteiger partial charge in [-0.2, -0.15) is 0 Å². The van der Waals surface area contributed by atoms with E-state index in [0.717, 1.165) is 83.4 Å². The molecular weight excluding hydrogens is 528 g/mol. The third kappa shape index (κ3) is 4.32. The van der Waals surface area contributed by atoms with Crippen molar-refractivity contribution in [1.29, 1.82) is 0 Å². The van der Waals surface area contributed by atoms with Crippen molar-refractivity contribution in [2.45, 2.75) is 6.92 Å². The summed E-state index contributed by atoms with van der Waals surface area (Å²) in [7, 11) is 0. The van der Waals surface area contributed by atoms with E-state index in [0.29, 0.717) is 5.69 Å². The number of furan rings is 2. The van der Waals surface area contributed by atoms with E-state index in [1.807, 2.05) is 48.5 Å². The zero-order valence-corrected chi connectivity index (χ0v) is 23.6. The van der Waals surface area contributed by atoms with Crippen molar-refractivity contribution in [2.24, 2.45) is 0 Å². The number of hydrogen-bond acceptors (Lipinski definition) is 4. The molecule has 6 aromatic carbocycles. The van der Waals surface area contributed by atoms with Crippen LogP contribution in [-0.2, 0) is 0 Å². The summed E-state index contributed by atoms with van der Waals surface area (Å²) in [5, 5.41) is 6.86. The largest absolute Gasteiger partial charge is 0.456 e. The standard InChI is InChI=1S/C39H28N2O2/c1-24-8-2-3-9-29(24)39-38(41-34-12-6-5-11-33(34)40)32-23-28(19-21-37(32)43-39)26-16-14-25(15-17-26)27-18-20-36-31(22-27)30-10-4-7-13-35(30)42-36/h2-23,41H,40H2,1H3. The van der Waals surface area contributed by atoms with Gasteiger partial charge in [0.15, 0.2) is 5.76 Å². The molecule has 4 nitrogen and oxygen atoms in total. The molecule has 0 unspecified atom stereocenters. The SMILES string of the molecule is Cc1ccccc1-c1oc2ccc(-c3ccc(-c4ccc5oc6ccccc6c5c4)cc3)cc2c1Nc1ccccc1N. The van der Waals surface area contributed by atoms with Crippen molar-refractivity contribution < 1.29 is 8.83 Å². The van der Waals surface area contributed by atoms with Crippen molar-refractivity contribution in [3.63, 3.8) is 0 Å². The van der Waals surface area contributed by atoms with Crippen LogP contribution in [0.3, 0.4) is 0 Å². The first-order chi connectivity index (χ1) is 21.1. The van der Waals surface area contributed by atoms with Crippen LogP contribution in [0.25, 0.3) is 66.5 Å². The smallest absolute Gasteiger partial charge is 0.159 e. The predicted octanol–water partition coefficient (Wildman–Crippen LogP) is 11.0. The van der Waals surface area contributed by atoms with Gasteiger partial charge in [-0.15, -0.1) is 0 Å². The topological polar surface area (TPSA) is 64.3 Å². The molecule has 0 aliphatic heterocycles. The maximum atomic E-state index is 6.49. The monoisotopic (exact) mass is 556 g/mol. The van der Waals surface area contributed by atoms with Crippen molar-refractivity contribution in [3.8, 4) is 33.6 Å². The summed E-state index contributed by atoms with van der Waals surface area (Å²) in [5.41, 5.74) is 18.1. The summed E-state index contributed by atoms with van der Waals surface area (Å²) < 4.78 is 12.5. The Morgan fingerprint density at radius 1 is 0.512 bits per heavy atom. The molecule has 2 aromatic heterocycles. The van der Waals surface area contributed by atoms with Gasteiger partial charge in [-0.05, 0) is 77.2 Å². The lowest BCUT2D eigenvalue weighted by molar-refractivity contribution is 0.632. The number of rotatable bonds is 5. The molecule has 8 rings (SSSR count). The highest BCUT2D eigenvalue weighted by molar-refractivity contribution is 6.06. The highest BCUT2D eigenvalue weighted by Crippen LogP contribution is 2.43. The normalized spacial score (nSPS) is 11.5. The summed E-state index contributed by atoms with van der Waals surface area (Å²) in [5.74, 6) is 0.797. The fourth-order valence-corrected chi connectivity index (χ4v) is 5.92. The second-order valence-electron chi connectivity index (χ2n) is 10.9. The van der Waals surface area contributed by atoms with E-state index in [2.05, 4.69) is 97.2 Å². The minimum Gasteiger partial charge on any atom is -0.456 e. The van der Waals surface area contributed by atoms with Gasteiger partial charge in [0, 0.05) is 21.7 Å². The lowest BCUT2D eigenvalue weighted by Crippen LogP contribution is -1.97. The second kappa shape index (κ2) is 9.97. The van der Waals surface area contributed by atoms with Crippen LogP contribution in [0.5, 0.6) is 0 Å². The highest BCUT2D eigenvalue weighted by Gasteiger charge is 2.19. The molecule has 0 bridgehead atoms. The molecule has 8 aromatic rings. The predicted molar refractivity (Wildman–Crippen MR) is 179 cm³/mol.